The minimum Gasteiger partial charge on any atom is -0.497 e. The van der Waals surface area contributed by atoms with Gasteiger partial charge in [-0.25, -0.2) is 4.79 Å². The van der Waals surface area contributed by atoms with Crippen molar-refractivity contribution in [1.29, 1.82) is 0 Å². The van der Waals surface area contributed by atoms with Crippen LogP contribution in [0.1, 0.15) is 33.3 Å². The van der Waals surface area contributed by atoms with Gasteiger partial charge in [0, 0.05) is 11.4 Å². The molecule has 2 rings (SSSR count). The molecule has 134 valence electrons. The molecule has 2 aromatic rings. The molecule has 25 heavy (non-hydrogen) atoms. The van der Waals surface area contributed by atoms with E-state index in [4.69, 9.17) is 21.7 Å². The maximum Gasteiger partial charge on any atom is 0.341 e. The summed E-state index contributed by atoms with van der Waals surface area (Å²) in [5.41, 5.74) is 2.65. The van der Waals surface area contributed by atoms with Gasteiger partial charge in [-0.05, 0) is 48.8 Å². The number of benzene rings is 1. The summed E-state index contributed by atoms with van der Waals surface area (Å²) in [4.78, 5) is 13.2. The molecule has 0 unspecified atom stereocenters. The Morgan fingerprint density at radius 2 is 1.92 bits per heavy atom. The lowest BCUT2D eigenvalue weighted by Gasteiger charge is -2.11. The number of ether oxygens (including phenoxy) is 2. The average molecular weight is 379 g/mol. The zero-order valence-corrected chi connectivity index (χ0v) is 16.4. The first-order valence-electron chi connectivity index (χ1n) is 7.88. The van der Waals surface area contributed by atoms with Gasteiger partial charge in [-0.2, -0.15) is 0 Å². The summed E-state index contributed by atoms with van der Waals surface area (Å²) in [6.07, 6.45) is 0.764. The van der Waals surface area contributed by atoms with Crippen LogP contribution in [0.15, 0.2) is 24.3 Å². The van der Waals surface area contributed by atoms with Crippen LogP contribution in [0, 0.1) is 6.92 Å². The SMILES string of the molecule is CCc1c(C)sc(NC(=S)NCc2ccc(OC)cc2)c1C(=O)OC. The molecule has 0 radical (unpaired) electrons. The minimum absolute atomic E-state index is 0.346. The van der Waals surface area contributed by atoms with Crippen LogP contribution < -0.4 is 15.4 Å². The van der Waals surface area contributed by atoms with E-state index >= 15 is 0 Å². The van der Waals surface area contributed by atoms with Crippen molar-refractivity contribution < 1.29 is 14.3 Å². The van der Waals surface area contributed by atoms with E-state index < -0.39 is 0 Å². The smallest absolute Gasteiger partial charge is 0.341 e. The van der Waals surface area contributed by atoms with E-state index in [9.17, 15) is 4.79 Å². The Balaban J connectivity index is 2.05. The summed E-state index contributed by atoms with van der Waals surface area (Å²) in [6.45, 7) is 4.59. The van der Waals surface area contributed by atoms with Crippen molar-refractivity contribution in [3.05, 3.63) is 45.8 Å². The molecule has 1 aromatic heterocycles. The third kappa shape index (κ3) is 4.70. The van der Waals surface area contributed by atoms with Gasteiger partial charge in [-0.1, -0.05) is 19.1 Å². The predicted molar refractivity (Wildman–Crippen MR) is 106 cm³/mol. The molecule has 0 amide bonds. The van der Waals surface area contributed by atoms with Crippen LogP contribution >= 0.6 is 23.6 Å². The van der Waals surface area contributed by atoms with E-state index in [1.807, 2.05) is 38.1 Å². The van der Waals surface area contributed by atoms with Crippen molar-refractivity contribution in [2.75, 3.05) is 19.5 Å². The molecule has 1 aromatic carbocycles. The lowest BCUT2D eigenvalue weighted by Crippen LogP contribution is -2.28. The molecule has 0 fully saturated rings. The standard InChI is InChI=1S/C18H22N2O3S2/c1-5-14-11(2)25-16(15(14)17(21)23-4)20-18(24)19-10-12-6-8-13(22-3)9-7-12/h6-9H,5,10H2,1-4H3,(H2,19,20,24). The monoisotopic (exact) mass is 378 g/mol. The molecule has 0 aliphatic rings. The zero-order valence-electron chi connectivity index (χ0n) is 14.8. The fraction of sp³-hybridized carbons (Fsp3) is 0.333. The van der Waals surface area contributed by atoms with Gasteiger partial charge in [0.2, 0.25) is 0 Å². The first-order chi connectivity index (χ1) is 12.0. The number of thiocarbonyl (C=S) groups is 1. The van der Waals surface area contributed by atoms with Crippen LogP contribution in [0.2, 0.25) is 0 Å². The van der Waals surface area contributed by atoms with Crippen molar-refractivity contribution >= 4 is 39.6 Å². The Morgan fingerprint density at radius 1 is 1.24 bits per heavy atom. The summed E-state index contributed by atoms with van der Waals surface area (Å²) >= 11 is 6.87. The average Bonchev–Trinajstić information content (AvgIpc) is 2.94. The maximum atomic E-state index is 12.1. The lowest BCUT2D eigenvalue weighted by atomic mass is 10.1. The number of carbonyl (C=O) groups excluding carboxylic acids is 1. The van der Waals surface area contributed by atoms with E-state index in [-0.39, 0.29) is 5.97 Å². The van der Waals surface area contributed by atoms with Crippen LogP contribution in [0.5, 0.6) is 5.75 Å². The van der Waals surface area contributed by atoms with Crippen LogP contribution in [-0.2, 0) is 17.7 Å². The fourth-order valence-corrected chi connectivity index (χ4v) is 3.86. The van der Waals surface area contributed by atoms with Crippen molar-refractivity contribution in [3.63, 3.8) is 0 Å². The number of rotatable bonds is 6. The van der Waals surface area contributed by atoms with Gasteiger partial charge in [0.1, 0.15) is 10.8 Å². The molecular formula is C18H22N2O3S2. The van der Waals surface area contributed by atoms with Crippen molar-refractivity contribution in [2.24, 2.45) is 0 Å². The highest BCUT2D eigenvalue weighted by molar-refractivity contribution is 7.80. The highest BCUT2D eigenvalue weighted by atomic mass is 32.1. The molecular weight excluding hydrogens is 356 g/mol. The van der Waals surface area contributed by atoms with E-state index in [0.717, 1.165) is 28.2 Å². The molecule has 5 nitrogen and oxygen atoms in total. The van der Waals surface area contributed by atoms with Crippen molar-refractivity contribution in [3.8, 4) is 5.75 Å². The highest BCUT2D eigenvalue weighted by Gasteiger charge is 2.22. The number of methoxy groups -OCH3 is 2. The predicted octanol–water partition coefficient (Wildman–Crippen LogP) is 3.90. The molecule has 2 N–H and O–H groups in total. The zero-order chi connectivity index (χ0) is 18.4. The summed E-state index contributed by atoms with van der Waals surface area (Å²) in [7, 11) is 3.03. The molecule has 1 heterocycles. The molecule has 0 spiro atoms. The number of nitrogens with one attached hydrogen (secondary N) is 2. The van der Waals surface area contributed by atoms with E-state index in [1.165, 1.54) is 18.4 Å². The summed E-state index contributed by atoms with van der Waals surface area (Å²) < 4.78 is 10.1. The highest BCUT2D eigenvalue weighted by Crippen LogP contribution is 2.33. The van der Waals surface area contributed by atoms with Crippen LogP contribution in [0.3, 0.4) is 0 Å². The van der Waals surface area contributed by atoms with Crippen LogP contribution in [-0.4, -0.2) is 25.3 Å². The largest absolute Gasteiger partial charge is 0.497 e. The van der Waals surface area contributed by atoms with Crippen LogP contribution in [0.4, 0.5) is 5.00 Å². The fourth-order valence-electron chi connectivity index (χ4n) is 2.48. The quantitative estimate of drug-likeness (QED) is 0.587. The number of esters is 1. The number of anilines is 1. The van der Waals surface area contributed by atoms with E-state index in [1.54, 1.807) is 7.11 Å². The van der Waals surface area contributed by atoms with E-state index in [2.05, 4.69) is 10.6 Å². The summed E-state index contributed by atoms with van der Waals surface area (Å²) in [5, 5.41) is 7.46. The van der Waals surface area contributed by atoms with Gasteiger partial charge in [0.15, 0.2) is 5.11 Å². The first-order valence-corrected chi connectivity index (χ1v) is 9.11. The Labute approximate surface area is 157 Å². The second-order valence-electron chi connectivity index (χ2n) is 5.34. The third-order valence-corrected chi connectivity index (χ3v) is 5.10. The Bertz CT molecular complexity index is 754. The Hall–Kier alpha value is -2.12. The summed E-state index contributed by atoms with van der Waals surface area (Å²) in [5.74, 6) is 0.468. The van der Waals surface area contributed by atoms with Gasteiger partial charge in [-0.15, -0.1) is 11.3 Å². The molecule has 0 atom stereocenters. The van der Waals surface area contributed by atoms with Crippen LogP contribution in [0.25, 0.3) is 0 Å². The van der Waals surface area contributed by atoms with Gasteiger partial charge in [0.25, 0.3) is 0 Å². The number of thiophene rings is 1. The molecule has 0 aliphatic heterocycles. The number of hydrogen-bond donors (Lipinski definition) is 2. The topological polar surface area (TPSA) is 59.6 Å². The van der Waals surface area contributed by atoms with Gasteiger partial charge >= 0.3 is 5.97 Å². The maximum absolute atomic E-state index is 12.1. The number of hydrogen-bond acceptors (Lipinski definition) is 5. The van der Waals surface area contributed by atoms with Crippen molar-refractivity contribution in [1.82, 2.24) is 5.32 Å². The van der Waals surface area contributed by atoms with Gasteiger partial charge < -0.3 is 20.1 Å². The minimum atomic E-state index is -0.346. The molecule has 0 saturated carbocycles. The normalized spacial score (nSPS) is 10.2. The second-order valence-corrected chi connectivity index (χ2v) is 6.97. The Morgan fingerprint density at radius 3 is 2.48 bits per heavy atom. The van der Waals surface area contributed by atoms with Crippen molar-refractivity contribution in [2.45, 2.75) is 26.8 Å². The number of carbonyl (C=O) groups is 1. The molecule has 0 saturated heterocycles. The lowest BCUT2D eigenvalue weighted by molar-refractivity contribution is 0.0601. The van der Waals surface area contributed by atoms with Gasteiger partial charge in [0.05, 0.1) is 19.8 Å². The first kappa shape index (κ1) is 19.2. The van der Waals surface area contributed by atoms with Gasteiger partial charge in [-0.3, -0.25) is 0 Å². The second kappa shape index (κ2) is 8.82. The van der Waals surface area contributed by atoms with E-state index in [0.29, 0.717) is 22.2 Å². The third-order valence-electron chi connectivity index (χ3n) is 3.79. The molecule has 7 heteroatoms. The molecule has 0 bridgehead atoms. The Kier molecular flexibility index (Phi) is 6.78. The summed E-state index contributed by atoms with van der Waals surface area (Å²) in [6, 6.07) is 7.75. The number of aryl methyl sites for hydroxylation is 1. The molecule has 0 aliphatic carbocycles.